The Morgan fingerprint density at radius 1 is 1.20 bits per heavy atom. The summed E-state index contributed by atoms with van der Waals surface area (Å²) in [6.07, 6.45) is 1.10. The van der Waals surface area contributed by atoms with E-state index in [2.05, 4.69) is 62.1 Å². The van der Waals surface area contributed by atoms with Crippen LogP contribution in [0, 0.1) is 6.92 Å². The van der Waals surface area contributed by atoms with Gasteiger partial charge >= 0.3 is 0 Å². The topological polar surface area (TPSA) is 29.3 Å². The van der Waals surface area contributed by atoms with E-state index < -0.39 is 0 Å². The van der Waals surface area contributed by atoms with Crippen molar-refractivity contribution >= 4 is 17.0 Å². The summed E-state index contributed by atoms with van der Waals surface area (Å²) in [5.74, 6) is 0. The van der Waals surface area contributed by atoms with Crippen molar-refractivity contribution < 1.29 is 0 Å². The molecule has 1 aromatic heterocycles. The molecule has 0 saturated heterocycles. The van der Waals surface area contributed by atoms with Gasteiger partial charge in [-0.15, -0.1) is 11.3 Å². The van der Waals surface area contributed by atoms with Crippen LogP contribution in [0.3, 0.4) is 0 Å². The maximum atomic E-state index is 6.07. The molecular weight excluding hydrogens is 264 g/mol. The first-order valence-corrected chi connectivity index (χ1v) is 8.13. The first-order valence-electron chi connectivity index (χ1n) is 7.31. The van der Waals surface area contributed by atoms with Gasteiger partial charge in [0.2, 0.25) is 0 Å². The molecule has 1 heterocycles. The molecule has 0 saturated carbocycles. The molecule has 1 atom stereocenters. The number of likely N-dealkylation sites (N-methyl/N-ethyl adjacent to an activating group) is 1. The van der Waals surface area contributed by atoms with E-state index in [4.69, 9.17) is 5.73 Å². The molecule has 2 aromatic rings. The van der Waals surface area contributed by atoms with E-state index in [0.29, 0.717) is 6.54 Å². The van der Waals surface area contributed by atoms with Crippen LogP contribution in [0.15, 0.2) is 36.4 Å². The third-order valence-corrected chi connectivity index (χ3v) is 4.96. The fraction of sp³-hybridized carbons (Fsp3) is 0.412. The van der Waals surface area contributed by atoms with E-state index >= 15 is 0 Å². The molecule has 2 N–H and O–H groups in total. The van der Waals surface area contributed by atoms with Gasteiger partial charge in [-0.2, -0.15) is 0 Å². The number of hydrogen-bond donors (Lipinski definition) is 1. The molecule has 0 amide bonds. The normalized spacial score (nSPS) is 12.4. The van der Waals surface area contributed by atoms with Crippen molar-refractivity contribution in [1.29, 1.82) is 0 Å². The molecule has 0 fully saturated rings. The summed E-state index contributed by atoms with van der Waals surface area (Å²) in [7, 11) is 0. The van der Waals surface area contributed by atoms with Crippen molar-refractivity contribution in [3.8, 4) is 0 Å². The van der Waals surface area contributed by atoms with Crippen LogP contribution >= 0.6 is 11.3 Å². The second-order valence-electron chi connectivity index (χ2n) is 5.03. The average molecular weight is 288 g/mol. The van der Waals surface area contributed by atoms with Gasteiger partial charge in [-0.1, -0.05) is 19.1 Å². The predicted molar refractivity (Wildman–Crippen MR) is 89.7 cm³/mol. The Morgan fingerprint density at radius 2 is 2.00 bits per heavy atom. The highest BCUT2D eigenvalue weighted by Gasteiger charge is 2.20. The quantitative estimate of drug-likeness (QED) is 0.865. The Labute approximate surface area is 126 Å². The molecule has 0 aliphatic heterocycles. The maximum absolute atomic E-state index is 6.07. The largest absolute Gasteiger partial charge is 0.363 e. The van der Waals surface area contributed by atoms with Gasteiger partial charge in [0.25, 0.3) is 0 Å². The fourth-order valence-electron chi connectivity index (χ4n) is 2.55. The van der Waals surface area contributed by atoms with Crippen LogP contribution in [0.2, 0.25) is 0 Å². The highest BCUT2D eigenvalue weighted by Crippen LogP contribution is 2.31. The zero-order valence-corrected chi connectivity index (χ0v) is 13.4. The van der Waals surface area contributed by atoms with Crippen LogP contribution < -0.4 is 10.6 Å². The van der Waals surface area contributed by atoms with Gasteiger partial charge in [-0.05, 0) is 50.1 Å². The van der Waals surface area contributed by atoms with Crippen molar-refractivity contribution in [3.05, 3.63) is 51.7 Å². The molecule has 0 radical (unpaired) electrons. The zero-order valence-electron chi connectivity index (χ0n) is 12.6. The summed E-state index contributed by atoms with van der Waals surface area (Å²) in [6.45, 7) is 8.13. The first-order chi connectivity index (χ1) is 9.69. The lowest BCUT2D eigenvalue weighted by atomic mass is 10.1. The molecule has 0 spiro atoms. The lowest BCUT2D eigenvalue weighted by Crippen LogP contribution is -2.33. The van der Waals surface area contributed by atoms with Gasteiger partial charge < -0.3 is 10.6 Å². The van der Waals surface area contributed by atoms with Crippen molar-refractivity contribution in [3.63, 3.8) is 0 Å². The van der Waals surface area contributed by atoms with Crippen LogP contribution in [0.5, 0.6) is 0 Å². The smallest absolute Gasteiger partial charge is 0.0757 e. The Hall–Kier alpha value is -1.32. The Bertz CT molecular complexity index is 547. The van der Waals surface area contributed by atoms with E-state index in [9.17, 15) is 0 Å². The van der Waals surface area contributed by atoms with E-state index in [1.54, 1.807) is 0 Å². The third-order valence-electron chi connectivity index (χ3n) is 3.63. The van der Waals surface area contributed by atoms with Crippen LogP contribution in [0.25, 0.3) is 0 Å². The summed E-state index contributed by atoms with van der Waals surface area (Å²) >= 11 is 1.89. The van der Waals surface area contributed by atoms with E-state index in [1.165, 1.54) is 21.0 Å². The first kappa shape index (κ1) is 15.1. The molecule has 2 rings (SSSR count). The highest BCUT2D eigenvalue weighted by atomic mass is 32.1. The third kappa shape index (κ3) is 3.22. The second kappa shape index (κ2) is 6.91. The number of anilines is 1. The summed E-state index contributed by atoms with van der Waals surface area (Å²) in [6, 6.07) is 13.4. The number of nitrogens with zero attached hydrogens (tertiary/aromatic N) is 1. The minimum absolute atomic E-state index is 0.270. The molecule has 1 unspecified atom stereocenters. The molecule has 20 heavy (non-hydrogen) atoms. The standard InChI is InChI=1S/C17H24N2S/c1-4-15-9-10-17(20-15)16(12-18)19(5-2)14-8-6-7-13(3)11-14/h6-11,16H,4-5,12,18H2,1-3H3. The van der Waals surface area contributed by atoms with Gasteiger partial charge in [0.15, 0.2) is 0 Å². The average Bonchev–Trinajstić information content (AvgIpc) is 2.93. The van der Waals surface area contributed by atoms with Crippen LogP contribution in [0.1, 0.15) is 35.2 Å². The number of benzene rings is 1. The van der Waals surface area contributed by atoms with Crippen LogP contribution in [-0.4, -0.2) is 13.1 Å². The van der Waals surface area contributed by atoms with Crippen molar-refractivity contribution in [2.75, 3.05) is 18.0 Å². The van der Waals surface area contributed by atoms with E-state index in [1.807, 2.05) is 11.3 Å². The number of nitrogens with two attached hydrogens (primary N) is 1. The molecule has 0 bridgehead atoms. The number of rotatable bonds is 6. The molecule has 1 aromatic carbocycles. The monoisotopic (exact) mass is 288 g/mol. The van der Waals surface area contributed by atoms with E-state index in [-0.39, 0.29) is 6.04 Å². The van der Waals surface area contributed by atoms with Crippen LogP contribution in [0.4, 0.5) is 5.69 Å². The summed E-state index contributed by atoms with van der Waals surface area (Å²) in [5.41, 5.74) is 8.62. The van der Waals surface area contributed by atoms with Gasteiger partial charge in [-0.3, -0.25) is 0 Å². The lowest BCUT2D eigenvalue weighted by Gasteiger charge is -2.31. The van der Waals surface area contributed by atoms with Gasteiger partial charge in [-0.25, -0.2) is 0 Å². The van der Waals surface area contributed by atoms with Crippen molar-refractivity contribution in [2.45, 2.75) is 33.2 Å². The molecule has 108 valence electrons. The molecular formula is C17H24N2S. The molecule has 2 nitrogen and oxygen atoms in total. The maximum Gasteiger partial charge on any atom is 0.0757 e. The highest BCUT2D eigenvalue weighted by molar-refractivity contribution is 7.12. The van der Waals surface area contributed by atoms with Crippen LogP contribution in [-0.2, 0) is 6.42 Å². The molecule has 0 aliphatic carbocycles. The summed E-state index contributed by atoms with van der Waals surface area (Å²) < 4.78 is 0. The zero-order chi connectivity index (χ0) is 14.5. The Kier molecular flexibility index (Phi) is 5.21. The minimum atomic E-state index is 0.270. The van der Waals surface area contributed by atoms with Gasteiger partial charge in [0.05, 0.1) is 6.04 Å². The molecule has 3 heteroatoms. The fourth-order valence-corrected chi connectivity index (χ4v) is 3.63. The van der Waals surface area contributed by atoms with Crippen molar-refractivity contribution in [2.24, 2.45) is 5.73 Å². The SMILES string of the molecule is CCc1ccc(C(CN)N(CC)c2cccc(C)c2)s1. The number of hydrogen-bond acceptors (Lipinski definition) is 3. The lowest BCUT2D eigenvalue weighted by molar-refractivity contribution is 0.653. The number of aryl methyl sites for hydroxylation is 2. The molecule has 0 aliphatic rings. The Morgan fingerprint density at radius 3 is 2.55 bits per heavy atom. The Balaban J connectivity index is 2.32. The number of thiophene rings is 1. The summed E-state index contributed by atoms with van der Waals surface area (Å²) in [4.78, 5) is 5.20. The predicted octanol–water partition coefficient (Wildman–Crippen LogP) is 4.15. The van der Waals surface area contributed by atoms with Gasteiger partial charge in [0.1, 0.15) is 0 Å². The van der Waals surface area contributed by atoms with Crippen molar-refractivity contribution in [1.82, 2.24) is 0 Å². The van der Waals surface area contributed by atoms with E-state index in [0.717, 1.165) is 13.0 Å². The summed E-state index contributed by atoms with van der Waals surface area (Å²) in [5, 5.41) is 0. The van der Waals surface area contributed by atoms with Gasteiger partial charge in [0, 0.05) is 28.5 Å². The minimum Gasteiger partial charge on any atom is -0.363 e. The second-order valence-corrected chi connectivity index (χ2v) is 6.23.